The van der Waals surface area contributed by atoms with E-state index in [1.54, 1.807) is 30.3 Å². The third-order valence-corrected chi connectivity index (χ3v) is 3.41. The highest BCUT2D eigenvalue weighted by molar-refractivity contribution is 6.01. The molecular weight excluding hydrogens is 306 g/mol. The summed E-state index contributed by atoms with van der Waals surface area (Å²) >= 11 is 0. The summed E-state index contributed by atoms with van der Waals surface area (Å²) in [4.78, 5) is 35.6. The molecule has 0 saturated carbocycles. The van der Waals surface area contributed by atoms with Crippen molar-refractivity contribution in [2.75, 3.05) is 5.32 Å². The lowest BCUT2D eigenvalue weighted by Crippen LogP contribution is -2.24. The van der Waals surface area contributed by atoms with Crippen LogP contribution in [0.4, 0.5) is 5.69 Å². The smallest absolute Gasteiger partial charge is 0.338 e. The molecule has 0 saturated heterocycles. The molecule has 0 bridgehead atoms. The summed E-state index contributed by atoms with van der Waals surface area (Å²) in [5, 5.41) is 2.59. The maximum absolute atomic E-state index is 12.3. The van der Waals surface area contributed by atoms with Gasteiger partial charge in [0.15, 0.2) is 6.10 Å². The normalized spacial score (nSPS) is 11.5. The Kier molecular flexibility index (Phi) is 5.47. The molecule has 1 atom stereocenters. The first-order valence-electron chi connectivity index (χ1n) is 7.56. The fraction of sp³-hybridized carbons (Fsp3) is 0.211. The molecular formula is C19H19NO4. The van der Waals surface area contributed by atoms with Crippen molar-refractivity contribution in [3.8, 4) is 0 Å². The highest BCUT2D eigenvalue weighted by atomic mass is 16.5. The number of esters is 1. The van der Waals surface area contributed by atoms with E-state index in [2.05, 4.69) is 5.32 Å². The van der Waals surface area contributed by atoms with Crippen molar-refractivity contribution in [2.45, 2.75) is 26.9 Å². The van der Waals surface area contributed by atoms with E-state index in [0.29, 0.717) is 11.3 Å². The first kappa shape index (κ1) is 17.4. The van der Waals surface area contributed by atoms with Crippen LogP contribution >= 0.6 is 0 Å². The van der Waals surface area contributed by atoms with E-state index in [1.807, 2.05) is 19.1 Å². The van der Waals surface area contributed by atoms with Gasteiger partial charge >= 0.3 is 5.97 Å². The first-order chi connectivity index (χ1) is 11.4. The van der Waals surface area contributed by atoms with E-state index in [1.165, 1.54) is 19.9 Å². The molecule has 0 fully saturated rings. The standard InChI is InChI=1S/C19H19NO4/c1-12-7-9-15(10-8-12)18(22)13(2)24-19(23)16-5-4-6-17(11-16)20-14(3)21/h4-11,13H,1-3H3,(H,20,21)/t13-/m0/s1. The monoisotopic (exact) mass is 325 g/mol. The number of ether oxygens (including phenoxy) is 1. The van der Waals surface area contributed by atoms with Crippen LogP contribution < -0.4 is 5.32 Å². The molecule has 0 aliphatic rings. The van der Waals surface area contributed by atoms with E-state index < -0.39 is 12.1 Å². The molecule has 5 nitrogen and oxygen atoms in total. The average molecular weight is 325 g/mol. The Balaban J connectivity index is 2.07. The first-order valence-corrected chi connectivity index (χ1v) is 7.56. The van der Waals surface area contributed by atoms with Gasteiger partial charge in [-0.3, -0.25) is 9.59 Å². The maximum atomic E-state index is 12.3. The van der Waals surface area contributed by atoms with E-state index in [0.717, 1.165) is 5.56 Å². The number of anilines is 1. The number of rotatable bonds is 5. The Morgan fingerprint density at radius 2 is 1.67 bits per heavy atom. The zero-order chi connectivity index (χ0) is 17.7. The van der Waals surface area contributed by atoms with Crippen molar-refractivity contribution in [1.82, 2.24) is 0 Å². The fourth-order valence-corrected chi connectivity index (χ4v) is 2.16. The molecule has 0 aliphatic heterocycles. The lowest BCUT2D eigenvalue weighted by molar-refractivity contribution is -0.114. The molecule has 0 spiro atoms. The molecule has 0 aromatic heterocycles. The summed E-state index contributed by atoms with van der Waals surface area (Å²) in [7, 11) is 0. The minimum Gasteiger partial charge on any atom is -0.451 e. The summed E-state index contributed by atoms with van der Waals surface area (Å²) in [6, 6.07) is 13.5. The summed E-state index contributed by atoms with van der Waals surface area (Å²) in [5.41, 5.74) is 2.30. The number of Topliss-reactive ketones (excluding diaryl/α,β-unsaturated/α-hetero) is 1. The maximum Gasteiger partial charge on any atom is 0.338 e. The Morgan fingerprint density at radius 1 is 1.00 bits per heavy atom. The van der Waals surface area contributed by atoms with E-state index in [4.69, 9.17) is 4.74 Å². The van der Waals surface area contributed by atoms with Gasteiger partial charge in [-0.05, 0) is 32.0 Å². The zero-order valence-electron chi connectivity index (χ0n) is 13.8. The minimum atomic E-state index is -0.898. The molecule has 1 amide bonds. The lowest BCUT2D eigenvalue weighted by atomic mass is 10.1. The third-order valence-electron chi connectivity index (χ3n) is 3.41. The minimum absolute atomic E-state index is 0.233. The molecule has 0 aliphatic carbocycles. The van der Waals surface area contributed by atoms with Crippen molar-refractivity contribution >= 4 is 23.3 Å². The number of hydrogen-bond donors (Lipinski definition) is 1. The van der Waals surface area contributed by atoms with Crippen molar-refractivity contribution < 1.29 is 19.1 Å². The van der Waals surface area contributed by atoms with Gasteiger partial charge in [0.25, 0.3) is 0 Å². The molecule has 0 heterocycles. The van der Waals surface area contributed by atoms with Gasteiger partial charge in [-0.15, -0.1) is 0 Å². The van der Waals surface area contributed by atoms with Crippen LogP contribution in [0, 0.1) is 6.92 Å². The van der Waals surface area contributed by atoms with Crippen LogP contribution in [-0.4, -0.2) is 23.8 Å². The second-order valence-electron chi connectivity index (χ2n) is 5.54. The molecule has 2 aromatic rings. The molecule has 0 unspecified atom stereocenters. The largest absolute Gasteiger partial charge is 0.451 e. The Bertz CT molecular complexity index is 765. The number of amides is 1. The number of carbonyl (C=O) groups is 3. The summed E-state index contributed by atoms with van der Waals surface area (Å²) in [6.45, 7) is 4.85. The molecule has 124 valence electrons. The quantitative estimate of drug-likeness (QED) is 0.675. The average Bonchev–Trinajstić information content (AvgIpc) is 2.54. The van der Waals surface area contributed by atoms with Gasteiger partial charge in [0.1, 0.15) is 0 Å². The van der Waals surface area contributed by atoms with Crippen LogP contribution in [0.5, 0.6) is 0 Å². The van der Waals surface area contributed by atoms with Gasteiger partial charge in [-0.2, -0.15) is 0 Å². The Labute approximate surface area is 140 Å². The van der Waals surface area contributed by atoms with Crippen molar-refractivity contribution in [1.29, 1.82) is 0 Å². The number of hydrogen-bond acceptors (Lipinski definition) is 4. The predicted molar refractivity (Wildman–Crippen MR) is 91.1 cm³/mol. The zero-order valence-corrected chi connectivity index (χ0v) is 13.8. The summed E-state index contributed by atoms with van der Waals surface area (Å²) < 4.78 is 5.24. The number of carbonyl (C=O) groups excluding carboxylic acids is 3. The molecule has 2 aromatic carbocycles. The number of aryl methyl sites for hydroxylation is 1. The summed E-state index contributed by atoms with van der Waals surface area (Å²) in [5.74, 6) is -1.11. The molecule has 5 heteroatoms. The topological polar surface area (TPSA) is 72.5 Å². The molecule has 24 heavy (non-hydrogen) atoms. The fourth-order valence-electron chi connectivity index (χ4n) is 2.16. The van der Waals surface area contributed by atoms with Crippen LogP contribution in [0.1, 0.15) is 40.1 Å². The predicted octanol–water partition coefficient (Wildman–Crippen LogP) is 3.38. The second kappa shape index (κ2) is 7.55. The van der Waals surface area contributed by atoms with Crippen LogP contribution in [0.15, 0.2) is 48.5 Å². The van der Waals surface area contributed by atoms with Crippen LogP contribution in [-0.2, 0) is 9.53 Å². The van der Waals surface area contributed by atoms with Gasteiger partial charge < -0.3 is 10.1 Å². The molecule has 1 N–H and O–H groups in total. The van der Waals surface area contributed by atoms with Crippen LogP contribution in [0.2, 0.25) is 0 Å². The van der Waals surface area contributed by atoms with Gasteiger partial charge in [0.2, 0.25) is 11.7 Å². The van der Waals surface area contributed by atoms with E-state index in [-0.39, 0.29) is 17.3 Å². The Morgan fingerprint density at radius 3 is 2.29 bits per heavy atom. The van der Waals surface area contributed by atoms with Gasteiger partial charge in [-0.25, -0.2) is 4.79 Å². The molecule has 2 rings (SSSR count). The van der Waals surface area contributed by atoms with Gasteiger partial charge in [0, 0.05) is 18.2 Å². The van der Waals surface area contributed by atoms with Gasteiger partial charge in [0.05, 0.1) is 5.56 Å². The van der Waals surface area contributed by atoms with Crippen molar-refractivity contribution in [3.63, 3.8) is 0 Å². The van der Waals surface area contributed by atoms with Crippen molar-refractivity contribution in [2.24, 2.45) is 0 Å². The summed E-state index contributed by atoms with van der Waals surface area (Å²) in [6.07, 6.45) is -0.898. The van der Waals surface area contributed by atoms with E-state index >= 15 is 0 Å². The third kappa shape index (κ3) is 4.52. The SMILES string of the molecule is CC(=O)Nc1cccc(C(=O)O[C@@H](C)C(=O)c2ccc(C)cc2)c1. The van der Waals surface area contributed by atoms with Gasteiger partial charge in [-0.1, -0.05) is 35.9 Å². The Hall–Kier alpha value is -2.95. The highest BCUT2D eigenvalue weighted by Gasteiger charge is 2.20. The number of benzene rings is 2. The van der Waals surface area contributed by atoms with E-state index in [9.17, 15) is 14.4 Å². The molecule has 0 radical (unpaired) electrons. The second-order valence-corrected chi connectivity index (χ2v) is 5.54. The lowest BCUT2D eigenvalue weighted by Gasteiger charge is -2.13. The number of nitrogens with one attached hydrogen (secondary N) is 1. The van der Waals surface area contributed by atoms with Crippen LogP contribution in [0.25, 0.3) is 0 Å². The highest BCUT2D eigenvalue weighted by Crippen LogP contribution is 2.14. The number of ketones is 1. The van der Waals surface area contributed by atoms with Crippen LogP contribution in [0.3, 0.4) is 0 Å². The van der Waals surface area contributed by atoms with Crippen molar-refractivity contribution in [3.05, 3.63) is 65.2 Å².